The van der Waals surface area contributed by atoms with Crippen LogP contribution in [0.3, 0.4) is 0 Å². The summed E-state index contributed by atoms with van der Waals surface area (Å²) < 4.78 is 26.3. The SMILES string of the molecule is CSc1cccc2sc(N(Cc3ccccc3)C(=O)CCCS(=O)(=O)c3ccc(Cl)cc3)nc12. The first-order chi connectivity index (χ1) is 16.4. The number of hydrogen-bond acceptors (Lipinski definition) is 6. The number of hydrogen-bond donors (Lipinski definition) is 0. The van der Waals surface area contributed by atoms with E-state index in [0.717, 1.165) is 20.7 Å². The van der Waals surface area contributed by atoms with E-state index in [1.807, 2.05) is 54.8 Å². The van der Waals surface area contributed by atoms with Crippen LogP contribution in [0.4, 0.5) is 5.13 Å². The molecule has 0 spiro atoms. The Kier molecular flexibility index (Phi) is 7.93. The number of aromatic nitrogens is 1. The van der Waals surface area contributed by atoms with Gasteiger partial charge in [-0.05, 0) is 54.6 Å². The van der Waals surface area contributed by atoms with Gasteiger partial charge in [-0.25, -0.2) is 13.4 Å². The number of carbonyl (C=O) groups is 1. The van der Waals surface area contributed by atoms with E-state index in [1.54, 1.807) is 28.8 Å². The summed E-state index contributed by atoms with van der Waals surface area (Å²) in [5.41, 5.74) is 1.86. The minimum Gasteiger partial charge on any atom is -0.284 e. The van der Waals surface area contributed by atoms with Crippen LogP contribution in [-0.4, -0.2) is 31.3 Å². The van der Waals surface area contributed by atoms with Crippen LogP contribution in [0.15, 0.2) is 82.6 Å². The number of sulfone groups is 1. The molecule has 0 unspecified atom stereocenters. The predicted molar refractivity (Wildman–Crippen MR) is 142 cm³/mol. The monoisotopic (exact) mass is 530 g/mol. The molecule has 4 aromatic rings. The van der Waals surface area contributed by atoms with Gasteiger partial charge in [0.05, 0.1) is 27.4 Å². The van der Waals surface area contributed by atoms with Crippen LogP contribution in [0.2, 0.25) is 5.02 Å². The molecule has 0 saturated carbocycles. The highest BCUT2D eigenvalue weighted by molar-refractivity contribution is 7.98. The molecule has 0 atom stereocenters. The van der Waals surface area contributed by atoms with Crippen LogP contribution < -0.4 is 4.90 Å². The van der Waals surface area contributed by atoms with Crippen LogP contribution >= 0.6 is 34.7 Å². The van der Waals surface area contributed by atoms with Crippen molar-refractivity contribution >= 4 is 65.8 Å². The lowest BCUT2D eigenvalue weighted by Crippen LogP contribution is -2.30. The lowest BCUT2D eigenvalue weighted by atomic mass is 10.2. The van der Waals surface area contributed by atoms with Gasteiger partial charge in [-0.3, -0.25) is 9.69 Å². The maximum absolute atomic E-state index is 13.3. The molecular formula is C25H23ClN2O3S3. The first-order valence-corrected chi connectivity index (χ1v) is 14.7. The number of para-hydroxylation sites is 1. The Balaban J connectivity index is 1.54. The van der Waals surface area contributed by atoms with E-state index in [1.165, 1.54) is 23.5 Å². The lowest BCUT2D eigenvalue weighted by molar-refractivity contribution is -0.118. The average Bonchev–Trinajstić information content (AvgIpc) is 3.27. The zero-order chi connectivity index (χ0) is 24.1. The molecule has 0 aliphatic heterocycles. The first-order valence-electron chi connectivity index (χ1n) is 10.6. The van der Waals surface area contributed by atoms with Gasteiger partial charge in [-0.1, -0.05) is 59.3 Å². The molecule has 0 fully saturated rings. The second-order valence-corrected chi connectivity index (χ2v) is 12.0. The summed E-state index contributed by atoms with van der Waals surface area (Å²) in [5.74, 6) is -0.268. The molecule has 1 heterocycles. The van der Waals surface area contributed by atoms with E-state index in [-0.39, 0.29) is 29.4 Å². The fourth-order valence-corrected chi connectivity index (χ4v) is 6.60. The summed E-state index contributed by atoms with van der Waals surface area (Å²) in [4.78, 5) is 21.0. The van der Waals surface area contributed by atoms with Crippen LogP contribution in [0.25, 0.3) is 10.2 Å². The molecule has 176 valence electrons. The standard InChI is InChI=1S/C25H23ClN2O3S3/c1-32-21-9-5-10-22-24(21)27-25(33-22)28(17-18-7-3-2-4-8-18)23(29)11-6-16-34(30,31)20-14-12-19(26)13-15-20/h2-5,7-10,12-15H,6,11,16-17H2,1H3. The Hall–Kier alpha value is -2.39. The number of benzene rings is 3. The number of amides is 1. The van der Waals surface area contributed by atoms with E-state index in [9.17, 15) is 13.2 Å². The van der Waals surface area contributed by atoms with Gasteiger partial charge >= 0.3 is 0 Å². The van der Waals surface area contributed by atoms with E-state index in [0.29, 0.717) is 16.7 Å². The molecule has 0 radical (unpaired) electrons. The van der Waals surface area contributed by atoms with Gasteiger partial charge in [0.2, 0.25) is 5.91 Å². The topological polar surface area (TPSA) is 67.3 Å². The maximum atomic E-state index is 13.3. The summed E-state index contributed by atoms with van der Waals surface area (Å²) in [5, 5.41) is 1.09. The first kappa shape index (κ1) is 24.7. The predicted octanol–water partition coefficient (Wildman–Crippen LogP) is 6.46. The number of carbonyl (C=O) groups excluding carboxylic acids is 1. The molecular weight excluding hydrogens is 508 g/mol. The fraction of sp³-hybridized carbons (Fsp3) is 0.200. The molecule has 3 aromatic carbocycles. The van der Waals surface area contributed by atoms with Crippen molar-refractivity contribution in [3.63, 3.8) is 0 Å². The van der Waals surface area contributed by atoms with Crippen molar-refractivity contribution in [3.05, 3.63) is 83.4 Å². The lowest BCUT2D eigenvalue weighted by Gasteiger charge is -2.20. The second-order valence-electron chi connectivity index (χ2n) is 7.65. The zero-order valence-electron chi connectivity index (χ0n) is 18.5. The van der Waals surface area contributed by atoms with Gasteiger partial charge in [-0.15, -0.1) is 11.8 Å². The molecule has 34 heavy (non-hydrogen) atoms. The Morgan fingerprint density at radius 2 is 1.76 bits per heavy atom. The zero-order valence-corrected chi connectivity index (χ0v) is 21.7. The summed E-state index contributed by atoms with van der Waals surface area (Å²) in [6.07, 6.45) is 2.32. The largest absolute Gasteiger partial charge is 0.284 e. The number of thiazole rings is 1. The molecule has 1 amide bonds. The third-order valence-electron chi connectivity index (χ3n) is 5.28. The number of anilines is 1. The number of thioether (sulfide) groups is 1. The number of rotatable bonds is 9. The molecule has 0 saturated heterocycles. The van der Waals surface area contributed by atoms with Gasteiger partial charge in [-0.2, -0.15) is 0 Å². The van der Waals surface area contributed by atoms with Crippen LogP contribution in [0.1, 0.15) is 18.4 Å². The van der Waals surface area contributed by atoms with Crippen LogP contribution in [-0.2, 0) is 21.2 Å². The summed E-state index contributed by atoms with van der Waals surface area (Å²) >= 11 is 8.95. The van der Waals surface area contributed by atoms with Crippen LogP contribution in [0.5, 0.6) is 0 Å². The Bertz CT molecular complexity index is 1390. The highest BCUT2D eigenvalue weighted by atomic mass is 35.5. The molecule has 1 aromatic heterocycles. The van der Waals surface area contributed by atoms with E-state index < -0.39 is 9.84 Å². The smallest absolute Gasteiger partial charge is 0.229 e. The van der Waals surface area contributed by atoms with Crippen molar-refractivity contribution in [2.24, 2.45) is 0 Å². The second kappa shape index (κ2) is 10.9. The van der Waals surface area contributed by atoms with Crippen LogP contribution in [0, 0.1) is 0 Å². The molecule has 0 bridgehead atoms. The summed E-state index contributed by atoms with van der Waals surface area (Å²) in [6, 6.07) is 21.8. The molecule has 0 N–H and O–H groups in total. The molecule has 5 nitrogen and oxygen atoms in total. The van der Waals surface area contributed by atoms with Gasteiger partial charge in [0.25, 0.3) is 0 Å². The third-order valence-corrected chi connectivity index (χ3v) is 9.16. The third kappa shape index (κ3) is 5.81. The Labute approximate surface area is 212 Å². The molecule has 0 aliphatic rings. The Morgan fingerprint density at radius 3 is 2.47 bits per heavy atom. The summed E-state index contributed by atoms with van der Waals surface area (Å²) in [7, 11) is -3.50. The quantitative estimate of drug-likeness (QED) is 0.232. The maximum Gasteiger partial charge on any atom is 0.229 e. The van der Waals surface area contributed by atoms with Crippen molar-refractivity contribution in [2.45, 2.75) is 29.2 Å². The van der Waals surface area contributed by atoms with Crippen molar-refractivity contribution in [1.82, 2.24) is 4.98 Å². The number of halogens is 1. The normalized spacial score (nSPS) is 11.6. The highest BCUT2D eigenvalue weighted by Crippen LogP contribution is 2.35. The van der Waals surface area contributed by atoms with Gasteiger partial charge in [0, 0.05) is 16.3 Å². The van der Waals surface area contributed by atoms with E-state index in [4.69, 9.17) is 16.6 Å². The van der Waals surface area contributed by atoms with E-state index >= 15 is 0 Å². The number of nitrogens with zero attached hydrogens (tertiary/aromatic N) is 2. The molecule has 9 heteroatoms. The summed E-state index contributed by atoms with van der Waals surface area (Å²) in [6.45, 7) is 0.373. The van der Waals surface area contributed by atoms with Crippen molar-refractivity contribution in [3.8, 4) is 0 Å². The molecule has 4 rings (SSSR count). The highest BCUT2D eigenvalue weighted by Gasteiger charge is 2.22. The van der Waals surface area contributed by atoms with Crippen molar-refractivity contribution in [2.75, 3.05) is 16.9 Å². The van der Waals surface area contributed by atoms with E-state index in [2.05, 4.69) is 0 Å². The van der Waals surface area contributed by atoms with Gasteiger partial charge < -0.3 is 0 Å². The average molecular weight is 531 g/mol. The number of fused-ring (bicyclic) bond motifs is 1. The fourth-order valence-electron chi connectivity index (χ4n) is 3.53. The minimum absolute atomic E-state index is 0.102. The molecule has 0 aliphatic carbocycles. The van der Waals surface area contributed by atoms with Crippen molar-refractivity contribution in [1.29, 1.82) is 0 Å². The minimum atomic E-state index is -3.50. The van der Waals surface area contributed by atoms with Crippen molar-refractivity contribution < 1.29 is 13.2 Å². The Morgan fingerprint density at radius 1 is 1.03 bits per heavy atom. The van der Waals surface area contributed by atoms with Gasteiger partial charge in [0.1, 0.15) is 0 Å². The van der Waals surface area contributed by atoms with Gasteiger partial charge in [0.15, 0.2) is 15.0 Å².